The zero-order chi connectivity index (χ0) is 10.9. The van der Waals surface area contributed by atoms with Crippen LogP contribution in [0.3, 0.4) is 0 Å². The van der Waals surface area contributed by atoms with Crippen LogP contribution in [0.15, 0.2) is 4.47 Å². The largest absolute Gasteiger partial charge is 0.347 e. The molecule has 0 atom stereocenters. The summed E-state index contributed by atoms with van der Waals surface area (Å²) >= 11 is 3.42. The van der Waals surface area contributed by atoms with Gasteiger partial charge in [0.1, 0.15) is 6.54 Å². The zero-order valence-electron chi connectivity index (χ0n) is 8.83. The first kappa shape index (κ1) is 11.2. The predicted molar refractivity (Wildman–Crippen MR) is 58.1 cm³/mol. The Kier molecular flexibility index (Phi) is 3.31. The van der Waals surface area contributed by atoms with E-state index in [0.29, 0.717) is 6.54 Å². The first-order chi connectivity index (χ1) is 6.43. The number of aromatic nitrogens is 2. The van der Waals surface area contributed by atoms with Crippen molar-refractivity contribution in [2.75, 3.05) is 14.1 Å². The molecule has 0 saturated heterocycles. The van der Waals surface area contributed by atoms with Crippen LogP contribution in [-0.2, 0) is 11.3 Å². The summed E-state index contributed by atoms with van der Waals surface area (Å²) in [4.78, 5) is 13.0. The third-order valence-electron chi connectivity index (χ3n) is 2.08. The third-order valence-corrected chi connectivity index (χ3v) is 3.22. The zero-order valence-corrected chi connectivity index (χ0v) is 10.4. The Hall–Kier alpha value is -0.840. The molecule has 14 heavy (non-hydrogen) atoms. The molecule has 0 aliphatic heterocycles. The maximum atomic E-state index is 11.4. The molecule has 1 rings (SSSR count). The van der Waals surface area contributed by atoms with Crippen molar-refractivity contribution in [2.45, 2.75) is 20.4 Å². The maximum absolute atomic E-state index is 11.4. The fourth-order valence-corrected chi connectivity index (χ4v) is 1.38. The number of carbonyl (C=O) groups is 1. The number of carbonyl (C=O) groups excluding carboxylic acids is 1. The summed E-state index contributed by atoms with van der Waals surface area (Å²) in [5.41, 5.74) is 1.90. The molecular formula is C9H14BrN3O. The van der Waals surface area contributed by atoms with Crippen LogP contribution in [0.4, 0.5) is 0 Å². The lowest BCUT2D eigenvalue weighted by Crippen LogP contribution is -2.27. The molecule has 0 N–H and O–H groups in total. The van der Waals surface area contributed by atoms with Crippen molar-refractivity contribution in [2.24, 2.45) is 0 Å². The molecule has 1 amide bonds. The fraction of sp³-hybridized carbons (Fsp3) is 0.556. The highest BCUT2D eigenvalue weighted by Crippen LogP contribution is 2.19. The lowest BCUT2D eigenvalue weighted by Gasteiger charge is -2.10. The van der Waals surface area contributed by atoms with Crippen LogP contribution in [-0.4, -0.2) is 34.7 Å². The van der Waals surface area contributed by atoms with Gasteiger partial charge in [-0.25, -0.2) is 0 Å². The predicted octanol–water partition coefficient (Wildman–Crippen LogP) is 1.35. The molecule has 0 radical (unpaired) electrons. The Bertz CT molecular complexity index is 357. The number of aryl methyl sites for hydroxylation is 1. The number of amides is 1. The number of rotatable bonds is 2. The lowest BCUT2D eigenvalue weighted by molar-refractivity contribution is -0.129. The van der Waals surface area contributed by atoms with Gasteiger partial charge >= 0.3 is 0 Å². The van der Waals surface area contributed by atoms with Crippen molar-refractivity contribution in [1.82, 2.24) is 14.7 Å². The summed E-state index contributed by atoms with van der Waals surface area (Å²) in [6, 6.07) is 0. The molecule has 1 heterocycles. The Morgan fingerprint density at radius 3 is 2.43 bits per heavy atom. The van der Waals surface area contributed by atoms with Crippen LogP contribution in [0.25, 0.3) is 0 Å². The van der Waals surface area contributed by atoms with E-state index in [2.05, 4.69) is 21.0 Å². The van der Waals surface area contributed by atoms with E-state index < -0.39 is 0 Å². The van der Waals surface area contributed by atoms with E-state index >= 15 is 0 Å². The summed E-state index contributed by atoms with van der Waals surface area (Å²) in [7, 11) is 3.48. The Morgan fingerprint density at radius 2 is 2.07 bits per heavy atom. The topological polar surface area (TPSA) is 38.1 Å². The minimum absolute atomic E-state index is 0.0445. The molecule has 0 aromatic carbocycles. The minimum atomic E-state index is 0.0445. The fourth-order valence-electron chi connectivity index (χ4n) is 1.10. The summed E-state index contributed by atoms with van der Waals surface area (Å²) in [6.07, 6.45) is 0. The van der Waals surface area contributed by atoms with Crippen molar-refractivity contribution in [1.29, 1.82) is 0 Å². The van der Waals surface area contributed by atoms with Gasteiger partial charge < -0.3 is 4.90 Å². The van der Waals surface area contributed by atoms with E-state index in [9.17, 15) is 4.79 Å². The average molecular weight is 260 g/mol. The minimum Gasteiger partial charge on any atom is -0.347 e. The van der Waals surface area contributed by atoms with Crippen molar-refractivity contribution in [3.8, 4) is 0 Å². The second-order valence-electron chi connectivity index (χ2n) is 3.43. The highest BCUT2D eigenvalue weighted by Gasteiger charge is 2.12. The average Bonchev–Trinajstić information content (AvgIpc) is 2.33. The van der Waals surface area contributed by atoms with Crippen LogP contribution in [0.2, 0.25) is 0 Å². The van der Waals surface area contributed by atoms with Gasteiger partial charge in [-0.1, -0.05) is 0 Å². The number of halogens is 1. The lowest BCUT2D eigenvalue weighted by atomic mass is 10.4. The molecule has 0 unspecified atom stereocenters. The molecule has 0 aliphatic rings. The summed E-state index contributed by atoms with van der Waals surface area (Å²) in [5.74, 6) is 0.0445. The van der Waals surface area contributed by atoms with Gasteiger partial charge in [-0.15, -0.1) is 0 Å². The standard InChI is InChI=1S/C9H14BrN3O/c1-6-9(10)7(2)13(11-6)5-8(14)12(3)4/h5H2,1-4H3. The van der Waals surface area contributed by atoms with Gasteiger partial charge in [0.15, 0.2) is 0 Å². The molecule has 0 spiro atoms. The van der Waals surface area contributed by atoms with E-state index in [0.717, 1.165) is 15.9 Å². The summed E-state index contributed by atoms with van der Waals surface area (Å²) in [5, 5.41) is 4.25. The molecule has 0 bridgehead atoms. The van der Waals surface area contributed by atoms with Crippen LogP contribution < -0.4 is 0 Å². The Morgan fingerprint density at radius 1 is 1.50 bits per heavy atom. The monoisotopic (exact) mass is 259 g/mol. The molecule has 4 nitrogen and oxygen atoms in total. The summed E-state index contributed by atoms with van der Waals surface area (Å²) < 4.78 is 2.69. The number of nitrogens with zero attached hydrogens (tertiary/aromatic N) is 3. The normalized spacial score (nSPS) is 10.4. The molecule has 0 aliphatic carbocycles. The second kappa shape index (κ2) is 4.13. The highest BCUT2D eigenvalue weighted by molar-refractivity contribution is 9.10. The van der Waals surface area contributed by atoms with E-state index in [1.165, 1.54) is 0 Å². The SMILES string of the molecule is Cc1nn(CC(=O)N(C)C)c(C)c1Br. The summed E-state index contributed by atoms with van der Waals surface area (Å²) in [6.45, 7) is 4.14. The van der Waals surface area contributed by atoms with Crippen molar-refractivity contribution < 1.29 is 4.79 Å². The van der Waals surface area contributed by atoms with Crippen LogP contribution in [0.1, 0.15) is 11.4 Å². The van der Waals surface area contributed by atoms with Gasteiger partial charge in [0, 0.05) is 14.1 Å². The highest BCUT2D eigenvalue weighted by atomic mass is 79.9. The van der Waals surface area contributed by atoms with Gasteiger partial charge in [-0.2, -0.15) is 5.10 Å². The first-order valence-corrected chi connectivity index (χ1v) is 5.12. The smallest absolute Gasteiger partial charge is 0.243 e. The van der Waals surface area contributed by atoms with E-state index in [-0.39, 0.29) is 5.91 Å². The van der Waals surface area contributed by atoms with Gasteiger partial charge in [0.2, 0.25) is 5.91 Å². The van der Waals surface area contributed by atoms with Gasteiger partial charge in [-0.05, 0) is 29.8 Å². The van der Waals surface area contributed by atoms with Crippen molar-refractivity contribution in [3.05, 3.63) is 15.9 Å². The van der Waals surface area contributed by atoms with Gasteiger partial charge in [0.25, 0.3) is 0 Å². The Labute approximate surface area is 92.0 Å². The van der Waals surface area contributed by atoms with Crippen molar-refractivity contribution in [3.63, 3.8) is 0 Å². The number of hydrogen-bond acceptors (Lipinski definition) is 2. The van der Waals surface area contributed by atoms with Crippen LogP contribution >= 0.6 is 15.9 Å². The molecule has 1 aromatic rings. The van der Waals surface area contributed by atoms with Crippen LogP contribution in [0.5, 0.6) is 0 Å². The van der Waals surface area contributed by atoms with Gasteiger partial charge in [0.05, 0.1) is 15.9 Å². The number of hydrogen-bond donors (Lipinski definition) is 0. The molecular weight excluding hydrogens is 246 g/mol. The molecule has 0 saturated carbocycles. The second-order valence-corrected chi connectivity index (χ2v) is 4.22. The van der Waals surface area contributed by atoms with E-state index in [1.54, 1.807) is 23.7 Å². The molecule has 5 heteroatoms. The first-order valence-electron chi connectivity index (χ1n) is 4.33. The molecule has 1 aromatic heterocycles. The quantitative estimate of drug-likeness (QED) is 0.805. The van der Waals surface area contributed by atoms with Crippen molar-refractivity contribution >= 4 is 21.8 Å². The van der Waals surface area contributed by atoms with E-state index in [4.69, 9.17) is 0 Å². The van der Waals surface area contributed by atoms with Crippen LogP contribution in [0, 0.1) is 13.8 Å². The van der Waals surface area contributed by atoms with Gasteiger partial charge in [-0.3, -0.25) is 9.48 Å². The Balaban J connectivity index is 2.88. The number of likely N-dealkylation sites (N-methyl/N-ethyl adjacent to an activating group) is 1. The van der Waals surface area contributed by atoms with E-state index in [1.807, 2.05) is 13.8 Å². The maximum Gasteiger partial charge on any atom is 0.243 e. The third kappa shape index (κ3) is 2.15. The molecule has 0 fully saturated rings. The molecule has 78 valence electrons.